The molecule has 80 valence electrons. The van der Waals surface area contributed by atoms with Crippen LogP contribution in [0.2, 0.25) is 0 Å². The fourth-order valence-electron chi connectivity index (χ4n) is 1.63. The molecular formula is C9H7BF4N-. The van der Waals surface area contributed by atoms with Gasteiger partial charge in [-0.15, -0.1) is 0 Å². The molecule has 1 nitrogen and oxygen atoms in total. The average molecular weight is 216 g/mol. The SMILES string of the molecule is Cc1cc2c([B-](F)(F)F)ccc(F)c2[nH]1. The monoisotopic (exact) mass is 216 g/mol. The number of benzene rings is 1. The van der Waals surface area contributed by atoms with E-state index in [1.165, 1.54) is 6.07 Å². The predicted molar refractivity (Wildman–Crippen MR) is 51.7 cm³/mol. The van der Waals surface area contributed by atoms with Gasteiger partial charge in [0.2, 0.25) is 0 Å². The van der Waals surface area contributed by atoms with Crippen LogP contribution in [0.4, 0.5) is 17.3 Å². The van der Waals surface area contributed by atoms with Gasteiger partial charge in [-0.3, -0.25) is 0 Å². The highest BCUT2D eigenvalue weighted by molar-refractivity contribution is 6.75. The van der Waals surface area contributed by atoms with Crippen LogP contribution in [-0.2, 0) is 0 Å². The number of fused-ring (bicyclic) bond motifs is 1. The Labute approximate surface area is 83.2 Å². The van der Waals surface area contributed by atoms with Crippen molar-refractivity contribution in [2.24, 2.45) is 0 Å². The van der Waals surface area contributed by atoms with Gasteiger partial charge in [0.05, 0.1) is 5.52 Å². The molecule has 1 aromatic carbocycles. The average Bonchev–Trinajstić information content (AvgIpc) is 2.45. The van der Waals surface area contributed by atoms with Crippen molar-refractivity contribution in [1.82, 2.24) is 4.98 Å². The van der Waals surface area contributed by atoms with E-state index in [2.05, 4.69) is 4.98 Å². The maximum atomic E-state index is 13.2. The van der Waals surface area contributed by atoms with Crippen LogP contribution in [0.3, 0.4) is 0 Å². The molecule has 0 aliphatic heterocycles. The summed E-state index contributed by atoms with van der Waals surface area (Å²) in [4.78, 5) is 2.57. The summed E-state index contributed by atoms with van der Waals surface area (Å²) in [6, 6.07) is 2.93. The molecule has 0 aliphatic carbocycles. The van der Waals surface area contributed by atoms with E-state index in [1.807, 2.05) is 0 Å². The van der Waals surface area contributed by atoms with Gasteiger partial charge < -0.3 is 17.9 Å². The first kappa shape index (κ1) is 10.1. The largest absolute Gasteiger partial charge is 0.510 e. The molecule has 2 rings (SSSR count). The molecule has 0 fully saturated rings. The minimum Gasteiger partial charge on any atom is -0.445 e. The molecule has 0 atom stereocenters. The summed E-state index contributed by atoms with van der Waals surface area (Å²) in [5.41, 5.74) is -0.323. The van der Waals surface area contributed by atoms with E-state index in [4.69, 9.17) is 0 Å². The number of aryl methyl sites for hydroxylation is 1. The number of rotatable bonds is 1. The molecule has 0 bridgehead atoms. The van der Waals surface area contributed by atoms with Crippen molar-refractivity contribution in [3.63, 3.8) is 0 Å². The van der Waals surface area contributed by atoms with Crippen LogP contribution < -0.4 is 5.46 Å². The van der Waals surface area contributed by atoms with Crippen molar-refractivity contribution in [2.75, 3.05) is 0 Å². The van der Waals surface area contributed by atoms with E-state index in [-0.39, 0.29) is 10.9 Å². The van der Waals surface area contributed by atoms with Crippen molar-refractivity contribution >= 4 is 23.3 Å². The summed E-state index contributed by atoms with van der Waals surface area (Å²) in [5.74, 6) is -0.665. The zero-order valence-corrected chi connectivity index (χ0v) is 7.82. The Morgan fingerprint density at radius 3 is 2.47 bits per heavy atom. The maximum Gasteiger partial charge on any atom is 0.510 e. The molecule has 0 radical (unpaired) electrons. The second-order valence-electron chi connectivity index (χ2n) is 3.45. The van der Waals surface area contributed by atoms with Gasteiger partial charge in [0.15, 0.2) is 0 Å². The molecule has 2 aromatic rings. The molecule has 0 amide bonds. The van der Waals surface area contributed by atoms with Gasteiger partial charge in [-0.2, -0.15) is 0 Å². The highest BCUT2D eigenvalue weighted by atomic mass is 19.4. The third-order valence-corrected chi connectivity index (χ3v) is 2.26. The van der Waals surface area contributed by atoms with Crippen LogP contribution in [-0.4, -0.2) is 12.0 Å². The summed E-state index contributed by atoms with van der Waals surface area (Å²) in [6.45, 7) is -3.51. The quantitative estimate of drug-likeness (QED) is 0.557. The van der Waals surface area contributed by atoms with Crippen LogP contribution in [0, 0.1) is 12.7 Å². The Bertz CT molecular complexity index is 515. The molecule has 15 heavy (non-hydrogen) atoms. The number of H-pyrrole nitrogens is 1. The van der Waals surface area contributed by atoms with Gasteiger partial charge in [0, 0.05) is 5.69 Å². The van der Waals surface area contributed by atoms with E-state index in [9.17, 15) is 17.3 Å². The van der Waals surface area contributed by atoms with Crippen molar-refractivity contribution in [1.29, 1.82) is 0 Å². The van der Waals surface area contributed by atoms with Gasteiger partial charge in [-0.05, 0) is 24.4 Å². The number of hydrogen-bond acceptors (Lipinski definition) is 0. The third kappa shape index (κ3) is 1.60. The smallest absolute Gasteiger partial charge is 0.445 e. The lowest BCUT2D eigenvalue weighted by Gasteiger charge is -2.15. The molecule has 1 aromatic heterocycles. The highest BCUT2D eigenvalue weighted by Gasteiger charge is 2.28. The molecule has 0 saturated carbocycles. The van der Waals surface area contributed by atoms with E-state index in [1.54, 1.807) is 6.92 Å². The van der Waals surface area contributed by atoms with Crippen LogP contribution in [0.25, 0.3) is 10.9 Å². The lowest BCUT2D eigenvalue weighted by molar-refractivity contribution is 0.501. The normalized spacial score (nSPS) is 12.3. The van der Waals surface area contributed by atoms with Gasteiger partial charge in [-0.25, -0.2) is 4.39 Å². The first-order chi connectivity index (χ1) is 6.89. The maximum absolute atomic E-state index is 13.2. The molecular weight excluding hydrogens is 209 g/mol. The second kappa shape index (κ2) is 3.02. The van der Waals surface area contributed by atoms with Crippen molar-refractivity contribution < 1.29 is 17.3 Å². The van der Waals surface area contributed by atoms with E-state index in [0.717, 1.165) is 12.1 Å². The molecule has 6 heteroatoms. The summed E-state index contributed by atoms with van der Waals surface area (Å²) >= 11 is 0. The van der Waals surface area contributed by atoms with Crippen LogP contribution in [0.15, 0.2) is 18.2 Å². The number of halogens is 4. The Hall–Kier alpha value is -1.46. The third-order valence-electron chi connectivity index (χ3n) is 2.26. The summed E-state index contributed by atoms with van der Waals surface area (Å²) in [7, 11) is 0. The first-order valence-electron chi connectivity index (χ1n) is 4.37. The first-order valence-corrected chi connectivity index (χ1v) is 4.37. The zero-order chi connectivity index (χ0) is 11.2. The van der Waals surface area contributed by atoms with Crippen LogP contribution in [0.1, 0.15) is 5.69 Å². The standard InChI is InChI=1S/C9H7BF4N/c1-5-4-6-7(10(12,13)14)2-3-8(11)9(6)15-5/h2-4,15H,1H3/q-1. The van der Waals surface area contributed by atoms with Crippen LogP contribution >= 0.6 is 0 Å². The Kier molecular flexibility index (Phi) is 2.03. The summed E-state index contributed by atoms with van der Waals surface area (Å²) in [5, 5.41) is -0.0972. The highest BCUT2D eigenvalue weighted by Crippen LogP contribution is 2.21. The second-order valence-corrected chi connectivity index (χ2v) is 3.45. The zero-order valence-electron chi connectivity index (χ0n) is 7.82. The lowest BCUT2D eigenvalue weighted by atomic mass is 9.78. The van der Waals surface area contributed by atoms with Gasteiger partial charge in [0.1, 0.15) is 5.82 Å². The molecule has 1 N–H and O–H groups in total. The predicted octanol–water partition coefficient (Wildman–Crippen LogP) is 2.67. The summed E-state index contributed by atoms with van der Waals surface area (Å²) < 4.78 is 50.9. The molecule has 0 saturated heterocycles. The van der Waals surface area contributed by atoms with Crippen molar-refractivity contribution in [3.8, 4) is 0 Å². The molecule has 0 aliphatic rings. The number of nitrogens with one attached hydrogen (secondary N) is 1. The molecule has 0 spiro atoms. The lowest BCUT2D eigenvalue weighted by Crippen LogP contribution is -2.34. The van der Waals surface area contributed by atoms with Crippen molar-refractivity contribution in [3.05, 3.63) is 29.7 Å². The minimum absolute atomic E-state index is 0.0794. The Morgan fingerprint density at radius 2 is 1.87 bits per heavy atom. The van der Waals surface area contributed by atoms with E-state index in [0.29, 0.717) is 5.69 Å². The van der Waals surface area contributed by atoms with Gasteiger partial charge in [-0.1, -0.05) is 11.5 Å². The Balaban J connectivity index is 2.83. The summed E-state index contributed by atoms with van der Waals surface area (Å²) in [6.07, 6.45) is 0. The van der Waals surface area contributed by atoms with E-state index >= 15 is 0 Å². The number of aromatic amines is 1. The Morgan fingerprint density at radius 1 is 1.20 bits per heavy atom. The van der Waals surface area contributed by atoms with Crippen molar-refractivity contribution in [2.45, 2.75) is 6.92 Å². The minimum atomic E-state index is -5.10. The van der Waals surface area contributed by atoms with E-state index < -0.39 is 18.3 Å². The number of hydrogen-bond donors (Lipinski definition) is 1. The topological polar surface area (TPSA) is 15.8 Å². The van der Waals surface area contributed by atoms with Gasteiger partial charge >= 0.3 is 6.98 Å². The fraction of sp³-hybridized carbons (Fsp3) is 0.111. The molecule has 1 heterocycles. The van der Waals surface area contributed by atoms with Crippen LogP contribution in [0.5, 0.6) is 0 Å². The molecule has 0 unspecified atom stereocenters. The van der Waals surface area contributed by atoms with Gasteiger partial charge in [0.25, 0.3) is 0 Å². The fourth-order valence-corrected chi connectivity index (χ4v) is 1.63. The number of aromatic nitrogens is 1.